The van der Waals surface area contributed by atoms with Crippen molar-refractivity contribution in [2.75, 3.05) is 0 Å². The minimum absolute atomic E-state index is 0.207. The van der Waals surface area contributed by atoms with Gasteiger partial charge < -0.3 is 5.11 Å². The second-order valence-electron chi connectivity index (χ2n) is 4.59. The van der Waals surface area contributed by atoms with Crippen LogP contribution in [-0.2, 0) is 0 Å². The maximum absolute atomic E-state index is 9.52. The molecule has 0 amide bonds. The molecule has 0 bridgehead atoms. The quantitative estimate of drug-likeness (QED) is 0.819. The van der Waals surface area contributed by atoms with Crippen LogP contribution in [0.5, 0.6) is 5.75 Å². The van der Waals surface area contributed by atoms with Crippen LogP contribution < -0.4 is 0 Å². The SMILES string of the molecule is Oc1cc(Cl)cc(-c2ccc(C3CC3)cc2)c1. The van der Waals surface area contributed by atoms with Crippen LogP contribution >= 0.6 is 11.6 Å². The zero-order valence-electron chi connectivity index (χ0n) is 9.36. The summed E-state index contributed by atoms with van der Waals surface area (Å²) in [7, 11) is 0. The van der Waals surface area contributed by atoms with E-state index in [0.29, 0.717) is 5.02 Å². The summed E-state index contributed by atoms with van der Waals surface area (Å²) in [6.45, 7) is 0. The van der Waals surface area contributed by atoms with E-state index in [-0.39, 0.29) is 5.75 Å². The molecule has 1 nitrogen and oxygen atoms in total. The first-order chi connectivity index (χ1) is 8.22. The number of halogens is 1. The lowest BCUT2D eigenvalue weighted by molar-refractivity contribution is 0.475. The molecule has 1 aliphatic carbocycles. The highest BCUT2D eigenvalue weighted by Crippen LogP contribution is 2.40. The normalized spacial score (nSPS) is 14.9. The number of aromatic hydroxyl groups is 1. The molecule has 2 aromatic carbocycles. The van der Waals surface area contributed by atoms with Crippen LogP contribution in [-0.4, -0.2) is 5.11 Å². The highest BCUT2D eigenvalue weighted by Gasteiger charge is 2.22. The molecule has 0 aliphatic heterocycles. The molecular formula is C15H13ClO. The van der Waals surface area contributed by atoms with Gasteiger partial charge in [-0.15, -0.1) is 0 Å². The summed E-state index contributed by atoms with van der Waals surface area (Å²) in [6.07, 6.45) is 2.63. The predicted molar refractivity (Wildman–Crippen MR) is 70.5 cm³/mol. The zero-order valence-corrected chi connectivity index (χ0v) is 10.1. The molecule has 1 N–H and O–H groups in total. The molecule has 17 heavy (non-hydrogen) atoms. The minimum Gasteiger partial charge on any atom is -0.508 e. The summed E-state index contributed by atoms with van der Waals surface area (Å²) in [5.74, 6) is 0.982. The topological polar surface area (TPSA) is 20.2 Å². The highest BCUT2D eigenvalue weighted by molar-refractivity contribution is 6.31. The Morgan fingerprint density at radius 1 is 0.941 bits per heavy atom. The van der Waals surface area contributed by atoms with Crippen LogP contribution in [0.1, 0.15) is 24.3 Å². The van der Waals surface area contributed by atoms with Crippen LogP contribution in [0, 0.1) is 0 Å². The Labute approximate surface area is 106 Å². The first-order valence-electron chi connectivity index (χ1n) is 5.82. The van der Waals surface area contributed by atoms with E-state index >= 15 is 0 Å². The van der Waals surface area contributed by atoms with Gasteiger partial charge in [-0.05, 0) is 53.6 Å². The Hall–Kier alpha value is -1.47. The predicted octanol–water partition coefficient (Wildman–Crippen LogP) is 4.59. The molecule has 0 saturated heterocycles. The summed E-state index contributed by atoms with van der Waals surface area (Å²) in [5.41, 5.74) is 3.46. The third kappa shape index (κ3) is 2.29. The number of rotatable bonds is 2. The van der Waals surface area contributed by atoms with Crippen molar-refractivity contribution in [3.05, 3.63) is 53.1 Å². The Kier molecular flexibility index (Phi) is 2.56. The summed E-state index contributed by atoms with van der Waals surface area (Å²) in [4.78, 5) is 0. The fraction of sp³-hybridized carbons (Fsp3) is 0.200. The molecule has 2 heteroatoms. The molecule has 1 aliphatic rings. The third-order valence-corrected chi connectivity index (χ3v) is 3.39. The summed E-state index contributed by atoms with van der Waals surface area (Å²) in [6, 6.07) is 13.7. The smallest absolute Gasteiger partial charge is 0.117 e. The third-order valence-electron chi connectivity index (χ3n) is 3.18. The maximum Gasteiger partial charge on any atom is 0.117 e. The molecule has 0 heterocycles. The van der Waals surface area contributed by atoms with Crippen molar-refractivity contribution >= 4 is 11.6 Å². The Morgan fingerprint density at radius 2 is 1.65 bits per heavy atom. The molecule has 3 rings (SSSR count). The monoisotopic (exact) mass is 244 g/mol. The van der Waals surface area contributed by atoms with Crippen molar-refractivity contribution in [3.8, 4) is 16.9 Å². The average Bonchev–Trinajstić information content (AvgIpc) is 3.12. The van der Waals surface area contributed by atoms with Gasteiger partial charge in [-0.1, -0.05) is 35.9 Å². The molecule has 2 aromatic rings. The zero-order chi connectivity index (χ0) is 11.8. The Morgan fingerprint density at radius 3 is 2.24 bits per heavy atom. The second-order valence-corrected chi connectivity index (χ2v) is 5.03. The van der Waals surface area contributed by atoms with Crippen molar-refractivity contribution in [1.82, 2.24) is 0 Å². The van der Waals surface area contributed by atoms with Gasteiger partial charge in [0, 0.05) is 5.02 Å². The fourth-order valence-electron chi connectivity index (χ4n) is 2.11. The lowest BCUT2D eigenvalue weighted by atomic mass is 10.0. The fourth-order valence-corrected chi connectivity index (χ4v) is 2.33. The van der Waals surface area contributed by atoms with Gasteiger partial charge in [0.2, 0.25) is 0 Å². The van der Waals surface area contributed by atoms with Crippen LogP contribution in [0.15, 0.2) is 42.5 Å². The molecule has 0 radical (unpaired) electrons. The van der Waals surface area contributed by atoms with Crippen molar-refractivity contribution in [3.63, 3.8) is 0 Å². The van der Waals surface area contributed by atoms with E-state index in [9.17, 15) is 5.11 Å². The Balaban J connectivity index is 1.96. The van der Waals surface area contributed by atoms with Gasteiger partial charge >= 0.3 is 0 Å². The first kappa shape index (κ1) is 10.7. The van der Waals surface area contributed by atoms with Gasteiger partial charge in [-0.2, -0.15) is 0 Å². The van der Waals surface area contributed by atoms with E-state index in [1.54, 1.807) is 12.1 Å². The summed E-state index contributed by atoms with van der Waals surface area (Å²) in [5, 5.41) is 10.1. The molecule has 1 fully saturated rings. The number of hydrogen-bond donors (Lipinski definition) is 1. The summed E-state index contributed by atoms with van der Waals surface area (Å²) < 4.78 is 0. The van der Waals surface area contributed by atoms with Crippen molar-refractivity contribution in [2.45, 2.75) is 18.8 Å². The average molecular weight is 245 g/mol. The number of hydrogen-bond acceptors (Lipinski definition) is 1. The van der Waals surface area contributed by atoms with Crippen molar-refractivity contribution < 1.29 is 5.11 Å². The molecule has 0 aromatic heterocycles. The van der Waals surface area contributed by atoms with Gasteiger partial charge in [0.15, 0.2) is 0 Å². The van der Waals surface area contributed by atoms with Gasteiger partial charge in [-0.3, -0.25) is 0 Å². The van der Waals surface area contributed by atoms with Gasteiger partial charge in [0.05, 0.1) is 0 Å². The summed E-state index contributed by atoms with van der Waals surface area (Å²) >= 11 is 5.93. The van der Waals surface area contributed by atoms with Crippen LogP contribution in [0.4, 0.5) is 0 Å². The van der Waals surface area contributed by atoms with E-state index < -0.39 is 0 Å². The standard InChI is InChI=1S/C15H13ClO/c16-14-7-13(8-15(17)9-14)12-5-3-11(4-6-12)10-1-2-10/h3-10,17H,1-2H2. The molecule has 0 unspecified atom stereocenters. The molecule has 86 valence electrons. The molecule has 0 atom stereocenters. The van der Waals surface area contributed by atoms with E-state index in [0.717, 1.165) is 17.0 Å². The maximum atomic E-state index is 9.52. The highest BCUT2D eigenvalue weighted by atomic mass is 35.5. The van der Waals surface area contributed by atoms with E-state index in [4.69, 9.17) is 11.6 Å². The first-order valence-corrected chi connectivity index (χ1v) is 6.20. The number of phenols is 1. The van der Waals surface area contributed by atoms with Crippen LogP contribution in [0.3, 0.4) is 0 Å². The lowest BCUT2D eigenvalue weighted by Gasteiger charge is -2.05. The Bertz CT molecular complexity index is 521. The van der Waals surface area contributed by atoms with Crippen molar-refractivity contribution in [2.24, 2.45) is 0 Å². The van der Waals surface area contributed by atoms with Crippen molar-refractivity contribution in [1.29, 1.82) is 0 Å². The number of benzene rings is 2. The number of phenolic OH excluding ortho intramolecular Hbond substituents is 1. The van der Waals surface area contributed by atoms with Gasteiger partial charge in [0.1, 0.15) is 5.75 Å². The van der Waals surface area contributed by atoms with Crippen LogP contribution in [0.25, 0.3) is 11.1 Å². The molecule has 1 saturated carbocycles. The van der Waals surface area contributed by atoms with E-state index in [2.05, 4.69) is 24.3 Å². The largest absolute Gasteiger partial charge is 0.508 e. The minimum atomic E-state index is 0.207. The molecule has 0 spiro atoms. The second kappa shape index (κ2) is 4.08. The molecular weight excluding hydrogens is 232 g/mol. The van der Waals surface area contributed by atoms with Crippen LogP contribution in [0.2, 0.25) is 5.02 Å². The van der Waals surface area contributed by atoms with E-state index in [1.807, 2.05) is 6.07 Å². The lowest BCUT2D eigenvalue weighted by Crippen LogP contribution is -1.81. The van der Waals surface area contributed by atoms with E-state index in [1.165, 1.54) is 18.4 Å². The van der Waals surface area contributed by atoms with Gasteiger partial charge in [-0.25, -0.2) is 0 Å². The van der Waals surface area contributed by atoms with Gasteiger partial charge in [0.25, 0.3) is 0 Å².